The smallest absolute Gasteiger partial charge is 0.234 e. The molecule has 0 saturated carbocycles. The van der Waals surface area contributed by atoms with Crippen LogP contribution in [0.1, 0.15) is 18.6 Å². The van der Waals surface area contributed by atoms with Gasteiger partial charge in [0.25, 0.3) is 0 Å². The predicted molar refractivity (Wildman–Crippen MR) is 73.3 cm³/mol. The van der Waals surface area contributed by atoms with Crippen LogP contribution in [0.15, 0.2) is 31.1 Å². The van der Waals surface area contributed by atoms with E-state index in [4.69, 9.17) is 0 Å². The van der Waals surface area contributed by atoms with Crippen LogP contribution in [0.3, 0.4) is 0 Å². The number of carbonyl (C=O) groups is 1. The molecule has 0 fully saturated rings. The zero-order chi connectivity index (χ0) is 14.5. The van der Waals surface area contributed by atoms with E-state index in [0.29, 0.717) is 11.5 Å². The number of aliphatic hydroxyl groups excluding tert-OH is 2. The van der Waals surface area contributed by atoms with E-state index < -0.39 is 12.2 Å². The topological polar surface area (TPSA) is 101 Å². The lowest BCUT2D eigenvalue weighted by Gasteiger charge is -2.16. The molecule has 2 heterocycles. The van der Waals surface area contributed by atoms with Crippen molar-refractivity contribution >= 4 is 16.9 Å². The van der Waals surface area contributed by atoms with Gasteiger partial charge in [-0.15, -0.1) is 0 Å². The Morgan fingerprint density at radius 2 is 2.10 bits per heavy atom. The molecule has 0 radical (unpaired) electrons. The quantitative estimate of drug-likeness (QED) is 0.819. The van der Waals surface area contributed by atoms with Crippen molar-refractivity contribution in [2.24, 2.45) is 0 Å². The Morgan fingerprint density at radius 3 is 2.65 bits per heavy atom. The van der Waals surface area contributed by atoms with Crippen LogP contribution >= 0.6 is 11.8 Å². The van der Waals surface area contributed by atoms with Crippen LogP contribution in [0, 0.1) is 0 Å². The van der Waals surface area contributed by atoms with E-state index in [0.717, 1.165) is 11.8 Å². The van der Waals surface area contributed by atoms with Crippen molar-refractivity contribution in [1.29, 1.82) is 0 Å². The molecule has 0 bridgehead atoms. The molecule has 0 saturated heterocycles. The first-order valence-corrected chi connectivity index (χ1v) is 6.86. The molecule has 8 heteroatoms. The summed E-state index contributed by atoms with van der Waals surface area (Å²) in [5.74, 6) is 0.547. The Labute approximate surface area is 119 Å². The molecule has 0 aliphatic rings. The molecule has 0 spiro atoms. The van der Waals surface area contributed by atoms with E-state index >= 15 is 0 Å². The van der Waals surface area contributed by atoms with E-state index in [1.807, 2.05) is 0 Å². The predicted octanol–water partition coefficient (Wildman–Crippen LogP) is 0.336. The number of aliphatic hydroxyl groups is 2. The first kappa shape index (κ1) is 14.6. The van der Waals surface area contributed by atoms with Gasteiger partial charge in [-0.05, 0) is 0 Å². The zero-order valence-corrected chi connectivity index (χ0v) is 11.6. The Kier molecular flexibility index (Phi) is 4.83. The number of imidazole rings is 1. The van der Waals surface area contributed by atoms with Gasteiger partial charge in [0.05, 0.1) is 6.10 Å². The van der Waals surface area contributed by atoms with Crippen molar-refractivity contribution in [3.05, 3.63) is 36.7 Å². The molecular weight excluding hydrogens is 280 g/mol. The molecule has 2 rings (SSSR count). The fourth-order valence-corrected chi connectivity index (χ4v) is 2.10. The van der Waals surface area contributed by atoms with Crippen LogP contribution in [0.5, 0.6) is 0 Å². The Hall–Kier alpha value is -1.77. The van der Waals surface area contributed by atoms with Crippen molar-refractivity contribution in [1.82, 2.24) is 19.5 Å². The molecule has 0 aliphatic heterocycles. The van der Waals surface area contributed by atoms with Gasteiger partial charge in [0.1, 0.15) is 12.4 Å². The van der Waals surface area contributed by atoms with Crippen LogP contribution in [-0.2, 0) is 4.79 Å². The number of hydrogen-bond acceptors (Lipinski definition) is 7. The highest BCUT2D eigenvalue weighted by Gasteiger charge is 2.20. The summed E-state index contributed by atoms with van der Waals surface area (Å²) in [6.07, 6.45) is 5.57. The highest BCUT2D eigenvalue weighted by molar-refractivity contribution is 8.13. The largest absolute Gasteiger partial charge is 0.389 e. The lowest BCUT2D eigenvalue weighted by atomic mass is 10.1. The van der Waals surface area contributed by atoms with Gasteiger partial charge in [-0.3, -0.25) is 9.36 Å². The average molecular weight is 294 g/mol. The summed E-state index contributed by atoms with van der Waals surface area (Å²) >= 11 is 0.961. The van der Waals surface area contributed by atoms with Gasteiger partial charge in [-0.25, -0.2) is 15.0 Å². The number of thioether (sulfide) groups is 1. The van der Waals surface area contributed by atoms with E-state index in [1.165, 1.54) is 19.3 Å². The highest BCUT2D eigenvalue weighted by atomic mass is 32.2. The summed E-state index contributed by atoms with van der Waals surface area (Å²) in [7, 11) is 0. The summed E-state index contributed by atoms with van der Waals surface area (Å²) in [5, 5.41) is 19.6. The Balaban J connectivity index is 2.03. The fourth-order valence-electron chi connectivity index (χ4n) is 1.51. The van der Waals surface area contributed by atoms with Crippen LogP contribution in [0.25, 0.3) is 5.95 Å². The first-order chi connectivity index (χ1) is 9.58. The molecule has 7 nitrogen and oxygen atoms in total. The SMILES string of the molecule is CC(=O)SCC(O)C(O)c1cnc(-n2ccnc2)nc1. The first-order valence-electron chi connectivity index (χ1n) is 5.87. The van der Waals surface area contributed by atoms with Gasteiger partial charge in [0, 0.05) is 43.0 Å². The van der Waals surface area contributed by atoms with E-state index in [2.05, 4.69) is 15.0 Å². The average Bonchev–Trinajstić information content (AvgIpc) is 2.98. The maximum absolute atomic E-state index is 10.8. The van der Waals surface area contributed by atoms with Crippen LogP contribution in [-0.4, -0.2) is 46.7 Å². The molecule has 2 aromatic heterocycles. The lowest BCUT2D eigenvalue weighted by molar-refractivity contribution is -0.109. The van der Waals surface area contributed by atoms with Gasteiger partial charge < -0.3 is 10.2 Å². The molecule has 2 atom stereocenters. The van der Waals surface area contributed by atoms with Gasteiger partial charge in [0.2, 0.25) is 5.95 Å². The summed E-state index contributed by atoms with van der Waals surface area (Å²) in [4.78, 5) is 22.9. The second kappa shape index (κ2) is 6.60. The van der Waals surface area contributed by atoms with Crippen molar-refractivity contribution in [2.75, 3.05) is 5.75 Å². The molecule has 0 aliphatic carbocycles. The Bertz CT molecular complexity index is 559. The van der Waals surface area contributed by atoms with Gasteiger partial charge in [0.15, 0.2) is 5.12 Å². The van der Waals surface area contributed by atoms with E-state index in [9.17, 15) is 15.0 Å². The fraction of sp³-hybridized carbons (Fsp3) is 0.333. The number of rotatable bonds is 5. The summed E-state index contributed by atoms with van der Waals surface area (Å²) < 4.78 is 1.62. The maximum Gasteiger partial charge on any atom is 0.234 e. The highest BCUT2D eigenvalue weighted by Crippen LogP contribution is 2.19. The summed E-state index contributed by atoms with van der Waals surface area (Å²) in [5.41, 5.74) is 0.394. The van der Waals surface area contributed by atoms with Crippen molar-refractivity contribution in [2.45, 2.75) is 19.1 Å². The summed E-state index contributed by atoms with van der Waals surface area (Å²) in [6, 6.07) is 0. The minimum absolute atomic E-state index is 0.108. The van der Waals surface area contributed by atoms with Crippen molar-refractivity contribution in [3.8, 4) is 5.95 Å². The Morgan fingerprint density at radius 1 is 1.40 bits per heavy atom. The van der Waals surface area contributed by atoms with Gasteiger partial charge >= 0.3 is 0 Å². The van der Waals surface area contributed by atoms with Crippen LogP contribution in [0.2, 0.25) is 0 Å². The number of nitrogens with zero attached hydrogens (tertiary/aromatic N) is 4. The zero-order valence-electron chi connectivity index (χ0n) is 10.7. The number of hydrogen-bond donors (Lipinski definition) is 2. The standard InChI is InChI=1S/C12H14N4O3S/c1-8(17)20-6-10(18)11(19)9-4-14-12(15-5-9)16-3-2-13-7-16/h2-5,7,10-11,18-19H,6H2,1H3. The number of carbonyl (C=O) groups excluding carboxylic acids is 1. The molecule has 0 aromatic carbocycles. The van der Waals surface area contributed by atoms with E-state index in [1.54, 1.807) is 23.3 Å². The second-order valence-electron chi connectivity index (χ2n) is 4.10. The molecule has 0 amide bonds. The molecule has 2 unspecified atom stereocenters. The van der Waals surface area contributed by atoms with Crippen molar-refractivity contribution < 1.29 is 15.0 Å². The third-order valence-corrected chi connectivity index (χ3v) is 3.47. The number of aromatic nitrogens is 4. The van der Waals surface area contributed by atoms with Crippen LogP contribution < -0.4 is 0 Å². The van der Waals surface area contributed by atoms with Gasteiger partial charge in [-0.2, -0.15) is 0 Å². The lowest BCUT2D eigenvalue weighted by Crippen LogP contribution is -2.22. The molecule has 2 aromatic rings. The van der Waals surface area contributed by atoms with Crippen molar-refractivity contribution in [3.63, 3.8) is 0 Å². The second-order valence-corrected chi connectivity index (χ2v) is 5.30. The van der Waals surface area contributed by atoms with Gasteiger partial charge in [-0.1, -0.05) is 11.8 Å². The molecule has 106 valence electrons. The van der Waals surface area contributed by atoms with Crippen LogP contribution in [0.4, 0.5) is 0 Å². The molecule has 2 N–H and O–H groups in total. The van der Waals surface area contributed by atoms with E-state index in [-0.39, 0.29) is 10.9 Å². The monoisotopic (exact) mass is 294 g/mol. The third-order valence-electron chi connectivity index (χ3n) is 2.56. The minimum Gasteiger partial charge on any atom is -0.389 e. The third kappa shape index (κ3) is 3.62. The normalized spacial score (nSPS) is 13.9. The molecular formula is C12H14N4O3S. The maximum atomic E-state index is 10.8. The minimum atomic E-state index is -1.13. The summed E-state index contributed by atoms with van der Waals surface area (Å²) in [6.45, 7) is 1.41. The molecule has 20 heavy (non-hydrogen) atoms.